The third kappa shape index (κ3) is 0.759. The highest BCUT2D eigenvalue weighted by Gasteiger charge is 2.52. The Morgan fingerprint density at radius 1 is 1.36 bits per heavy atom. The lowest BCUT2D eigenvalue weighted by Crippen LogP contribution is -2.29. The first-order chi connectivity index (χ1) is 5.16. The van der Waals surface area contributed by atoms with Crippen LogP contribution in [0.3, 0.4) is 0 Å². The lowest BCUT2D eigenvalue weighted by molar-refractivity contribution is 0.164. The first-order valence-corrected chi connectivity index (χ1v) is 4.56. The summed E-state index contributed by atoms with van der Waals surface area (Å²) in [5.74, 6) is 1.93. The van der Waals surface area contributed by atoms with Gasteiger partial charge in [0.05, 0.1) is 12.0 Å². The topological polar surface area (TPSA) is 23.8 Å². The van der Waals surface area contributed by atoms with Gasteiger partial charge in [-0.25, -0.2) is 0 Å². The van der Waals surface area contributed by atoms with Crippen molar-refractivity contribution < 1.29 is 0 Å². The molecule has 0 aromatic carbocycles. The fourth-order valence-corrected chi connectivity index (χ4v) is 3.13. The summed E-state index contributed by atoms with van der Waals surface area (Å²) in [7, 11) is 0. The van der Waals surface area contributed by atoms with E-state index in [0.717, 1.165) is 11.8 Å². The standard InChI is InChI=1S/C10H15N/c1-10(2)8-4-3-7(5-8)9(10)6-11/h7-9H,3-5H2,1-2H3. The van der Waals surface area contributed by atoms with E-state index in [1.807, 2.05) is 0 Å². The maximum Gasteiger partial charge on any atom is 0.0664 e. The van der Waals surface area contributed by atoms with E-state index in [-0.39, 0.29) is 0 Å². The van der Waals surface area contributed by atoms with E-state index in [1.54, 1.807) is 0 Å². The fourth-order valence-electron chi connectivity index (χ4n) is 3.13. The minimum absolute atomic E-state index is 0.317. The SMILES string of the molecule is CC1(C)C2CCC(C2)C1C#N. The van der Waals surface area contributed by atoms with Crippen molar-refractivity contribution in [1.82, 2.24) is 0 Å². The molecule has 0 saturated heterocycles. The largest absolute Gasteiger partial charge is 0.198 e. The second-order valence-electron chi connectivity index (χ2n) is 4.70. The lowest BCUT2D eigenvalue weighted by Gasteiger charge is -2.33. The molecule has 0 amide bonds. The summed E-state index contributed by atoms with van der Waals surface area (Å²) < 4.78 is 0. The van der Waals surface area contributed by atoms with Gasteiger partial charge in [0, 0.05) is 0 Å². The summed E-state index contributed by atoms with van der Waals surface area (Å²) in [6.45, 7) is 4.54. The minimum Gasteiger partial charge on any atom is -0.198 e. The molecule has 2 fully saturated rings. The van der Waals surface area contributed by atoms with Crippen molar-refractivity contribution in [3.63, 3.8) is 0 Å². The van der Waals surface area contributed by atoms with Crippen LogP contribution in [0.1, 0.15) is 33.1 Å². The molecule has 1 heteroatoms. The summed E-state index contributed by atoms with van der Waals surface area (Å²) in [5, 5.41) is 8.97. The van der Waals surface area contributed by atoms with Crippen LogP contribution in [0.25, 0.3) is 0 Å². The first kappa shape index (κ1) is 7.16. The zero-order valence-electron chi connectivity index (χ0n) is 7.30. The molecule has 3 unspecified atom stereocenters. The molecule has 60 valence electrons. The van der Waals surface area contributed by atoms with E-state index >= 15 is 0 Å². The number of hydrogen-bond acceptors (Lipinski definition) is 1. The van der Waals surface area contributed by atoms with Crippen LogP contribution in [-0.2, 0) is 0 Å². The fraction of sp³-hybridized carbons (Fsp3) is 0.900. The Balaban J connectivity index is 2.30. The van der Waals surface area contributed by atoms with Gasteiger partial charge in [-0.3, -0.25) is 0 Å². The van der Waals surface area contributed by atoms with E-state index in [4.69, 9.17) is 5.26 Å². The molecule has 2 aliphatic rings. The van der Waals surface area contributed by atoms with Gasteiger partial charge in [0.1, 0.15) is 0 Å². The quantitative estimate of drug-likeness (QED) is 0.519. The number of hydrogen-bond donors (Lipinski definition) is 0. The van der Waals surface area contributed by atoms with E-state index in [1.165, 1.54) is 19.3 Å². The molecule has 2 bridgehead atoms. The molecule has 0 aromatic rings. The van der Waals surface area contributed by atoms with Crippen LogP contribution in [0.4, 0.5) is 0 Å². The van der Waals surface area contributed by atoms with Gasteiger partial charge in [-0.2, -0.15) is 5.26 Å². The Hall–Kier alpha value is -0.510. The average molecular weight is 149 g/mol. The highest BCUT2D eigenvalue weighted by atomic mass is 14.6. The molecule has 0 heterocycles. The molecule has 2 aliphatic carbocycles. The summed E-state index contributed by atoms with van der Waals surface area (Å²) in [6.07, 6.45) is 4.01. The molecule has 0 radical (unpaired) electrons. The second kappa shape index (κ2) is 2.00. The Bertz CT molecular complexity index is 211. The highest BCUT2D eigenvalue weighted by molar-refractivity contribution is 5.09. The first-order valence-electron chi connectivity index (χ1n) is 4.56. The number of rotatable bonds is 0. The van der Waals surface area contributed by atoms with Gasteiger partial charge in [0.2, 0.25) is 0 Å². The summed E-state index contributed by atoms with van der Waals surface area (Å²) in [6, 6.07) is 2.49. The van der Waals surface area contributed by atoms with Crippen LogP contribution in [0.5, 0.6) is 0 Å². The molecule has 0 N–H and O–H groups in total. The second-order valence-corrected chi connectivity index (χ2v) is 4.70. The van der Waals surface area contributed by atoms with E-state index < -0.39 is 0 Å². The lowest BCUT2D eigenvalue weighted by atomic mass is 9.69. The van der Waals surface area contributed by atoms with Crippen molar-refractivity contribution in [2.45, 2.75) is 33.1 Å². The predicted octanol–water partition coefficient (Wildman–Crippen LogP) is 2.58. The molecule has 3 atom stereocenters. The minimum atomic E-state index is 0.317. The van der Waals surface area contributed by atoms with Crippen LogP contribution in [-0.4, -0.2) is 0 Å². The number of fused-ring (bicyclic) bond motifs is 2. The molecule has 1 nitrogen and oxygen atoms in total. The number of nitrogens with zero attached hydrogens (tertiary/aromatic N) is 1. The molecule has 11 heavy (non-hydrogen) atoms. The summed E-state index contributed by atoms with van der Waals surface area (Å²) in [4.78, 5) is 0. The van der Waals surface area contributed by atoms with E-state index in [0.29, 0.717) is 11.3 Å². The molecular formula is C10H15N. The summed E-state index contributed by atoms with van der Waals surface area (Å²) >= 11 is 0. The number of nitriles is 1. The highest BCUT2D eigenvalue weighted by Crippen LogP contribution is 2.58. The zero-order chi connectivity index (χ0) is 8.06. The van der Waals surface area contributed by atoms with Crippen LogP contribution in [0.15, 0.2) is 0 Å². The zero-order valence-corrected chi connectivity index (χ0v) is 7.30. The Labute approximate surface area is 68.4 Å². The van der Waals surface area contributed by atoms with E-state index in [9.17, 15) is 0 Å². The smallest absolute Gasteiger partial charge is 0.0664 e. The van der Waals surface area contributed by atoms with Crippen molar-refractivity contribution in [2.75, 3.05) is 0 Å². The Kier molecular flexibility index (Phi) is 1.30. The van der Waals surface area contributed by atoms with Gasteiger partial charge in [-0.15, -0.1) is 0 Å². The normalized spacial score (nSPS) is 45.7. The van der Waals surface area contributed by atoms with Gasteiger partial charge in [-0.1, -0.05) is 13.8 Å². The van der Waals surface area contributed by atoms with Crippen molar-refractivity contribution in [3.8, 4) is 6.07 Å². The van der Waals surface area contributed by atoms with E-state index in [2.05, 4.69) is 19.9 Å². The monoisotopic (exact) mass is 149 g/mol. The van der Waals surface area contributed by atoms with Gasteiger partial charge < -0.3 is 0 Å². The van der Waals surface area contributed by atoms with Crippen molar-refractivity contribution >= 4 is 0 Å². The maximum atomic E-state index is 8.97. The molecule has 0 aromatic heterocycles. The molecule has 0 spiro atoms. The van der Waals surface area contributed by atoms with Gasteiger partial charge in [0.15, 0.2) is 0 Å². The van der Waals surface area contributed by atoms with Crippen molar-refractivity contribution in [3.05, 3.63) is 0 Å². The third-order valence-corrected chi connectivity index (χ3v) is 3.94. The van der Waals surface area contributed by atoms with Crippen LogP contribution in [0.2, 0.25) is 0 Å². The summed E-state index contributed by atoms with van der Waals surface area (Å²) in [5.41, 5.74) is 0.317. The predicted molar refractivity (Wildman–Crippen MR) is 43.7 cm³/mol. The van der Waals surface area contributed by atoms with Gasteiger partial charge >= 0.3 is 0 Å². The third-order valence-electron chi connectivity index (χ3n) is 3.94. The van der Waals surface area contributed by atoms with Crippen LogP contribution in [0, 0.1) is 34.5 Å². The Morgan fingerprint density at radius 3 is 2.45 bits per heavy atom. The van der Waals surface area contributed by atoms with Crippen LogP contribution < -0.4 is 0 Å². The Morgan fingerprint density at radius 2 is 2.09 bits per heavy atom. The average Bonchev–Trinajstić information content (AvgIpc) is 2.44. The molecule has 2 saturated carbocycles. The maximum absolute atomic E-state index is 8.97. The van der Waals surface area contributed by atoms with Gasteiger partial charge in [0.25, 0.3) is 0 Å². The molecular weight excluding hydrogens is 134 g/mol. The van der Waals surface area contributed by atoms with Gasteiger partial charge in [-0.05, 0) is 36.5 Å². The molecule has 2 rings (SSSR count). The van der Waals surface area contributed by atoms with Crippen molar-refractivity contribution in [1.29, 1.82) is 5.26 Å². The van der Waals surface area contributed by atoms with Crippen molar-refractivity contribution in [2.24, 2.45) is 23.2 Å². The molecule has 0 aliphatic heterocycles. The van der Waals surface area contributed by atoms with Crippen LogP contribution >= 0.6 is 0 Å².